The van der Waals surface area contributed by atoms with Crippen LogP contribution in [0.3, 0.4) is 0 Å². The van der Waals surface area contributed by atoms with Gasteiger partial charge in [0.2, 0.25) is 0 Å². The smallest absolute Gasteiger partial charge is 0.310 e. The van der Waals surface area contributed by atoms with Crippen LogP contribution < -0.4 is 9.47 Å². The standard InChI is InChI=1S/C31H46N2O5/c1-22-8-6-11-31(2)19-28-24(18-26(22)31)25(30(34)38-28)21-33(13-7-12-32-14-16-37-17-15-32)20-23-9-5-10-27(35-3)29(23)36-4/h5,9-10,24-26,28H,1,6-8,11-21H2,2-4H3/t24-,25-,26+,28+,31-/m1/s1. The molecule has 2 aliphatic carbocycles. The van der Waals surface area contributed by atoms with Crippen molar-refractivity contribution in [2.75, 3.05) is 60.2 Å². The quantitative estimate of drug-likeness (QED) is 0.328. The summed E-state index contributed by atoms with van der Waals surface area (Å²) in [4.78, 5) is 18.2. The van der Waals surface area contributed by atoms with Crippen LogP contribution in [0.1, 0.15) is 51.0 Å². The molecule has 7 heteroatoms. The van der Waals surface area contributed by atoms with E-state index in [2.05, 4.69) is 29.4 Å². The number of rotatable bonds is 10. The van der Waals surface area contributed by atoms with Crippen molar-refractivity contribution >= 4 is 5.97 Å². The van der Waals surface area contributed by atoms with Crippen LogP contribution in [0.4, 0.5) is 0 Å². The highest BCUT2D eigenvalue weighted by molar-refractivity contribution is 5.75. The predicted octanol–water partition coefficient (Wildman–Crippen LogP) is 4.54. The number of esters is 1. The Morgan fingerprint density at radius 2 is 2.03 bits per heavy atom. The summed E-state index contributed by atoms with van der Waals surface area (Å²) in [6, 6.07) is 6.05. The number of hydrogen-bond donors (Lipinski definition) is 0. The molecule has 38 heavy (non-hydrogen) atoms. The molecule has 0 aromatic heterocycles. The molecular formula is C31H46N2O5. The molecule has 2 heterocycles. The second-order valence-electron chi connectivity index (χ2n) is 12.1. The van der Waals surface area contributed by atoms with Gasteiger partial charge in [-0.2, -0.15) is 0 Å². The fraction of sp³-hybridized carbons (Fsp3) is 0.710. The van der Waals surface area contributed by atoms with Gasteiger partial charge < -0.3 is 18.9 Å². The monoisotopic (exact) mass is 526 g/mol. The zero-order valence-electron chi connectivity index (χ0n) is 23.6. The number of methoxy groups -OCH3 is 2. The van der Waals surface area contributed by atoms with Crippen LogP contribution in [0.2, 0.25) is 0 Å². The number of nitrogens with zero attached hydrogens (tertiary/aromatic N) is 2. The minimum atomic E-state index is -0.0979. The van der Waals surface area contributed by atoms with E-state index in [0.717, 1.165) is 82.1 Å². The summed E-state index contributed by atoms with van der Waals surface area (Å²) < 4.78 is 22.9. The lowest BCUT2D eigenvalue weighted by Crippen LogP contribution is -2.45. The number of carbonyl (C=O) groups is 1. The van der Waals surface area contributed by atoms with Crippen molar-refractivity contribution < 1.29 is 23.7 Å². The molecule has 2 aliphatic heterocycles. The first-order chi connectivity index (χ1) is 18.4. The Morgan fingerprint density at radius 1 is 1.21 bits per heavy atom. The molecule has 1 aromatic carbocycles. The summed E-state index contributed by atoms with van der Waals surface area (Å²) in [6.07, 6.45) is 6.64. The molecule has 4 aliphatic rings. The van der Waals surface area contributed by atoms with E-state index in [1.807, 2.05) is 12.1 Å². The molecule has 2 saturated heterocycles. The minimum Gasteiger partial charge on any atom is -0.493 e. The van der Waals surface area contributed by atoms with Crippen LogP contribution in [0.25, 0.3) is 0 Å². The Bertz CT molecular complexity index is 992. The van der Waals surface area contributed by atoms with Crippen LogP contribution in [-0.4, -0.2) is 82.0 Å². The predicted molar refractivity (Wildman–Crippen MR) is 147 cm³/mol. The number of benzene rings is 1. The zero-order chi connectivity index (χ0) is 26.7. The molecule has 0 radical (unpaired) electrons. The Balaban J connectivity index is 1.32. The van der Waals surface area contributed by atoms with Crippen LogP contribution >= 0.6 is 0 Å². The number of allylic oxidation sites excluding steroid dienone is 1. The SMILES string of the molecule is C=C1CCC[C@]2(C)C[C@@H]3OC(=O)[C@H](CN(CCCN4CCOCC4)Cc4cccc(OC)c4OC)[C@H]3C[C@@H]12. The van der Waals surface area contributed by atoms with Gasteiger partial charge in [0.05, 0.1) is 33.4 Å². The van der Waals surface area contributed by atoms with Crippen molar-refractivity contribution in [3.05, 3.63) is 35.9 Å². The fourth-order valence-corrected chi connectivity index (χ4v) is 7.64. The Hall–Kier alpha value is -2.09. The van der Waals surface area contributed by atoms with Gasteiger partial charge in [0.1, 0.15) is 6.10 Å². The van der Waals surface area contributed by atoms with E-state index < -0.39 is 0 Å². The molecule has 4 fully saturated rings. The number of ether oxygens (including phenoxy) is 4. The molecular weight excluding hydrogens is 480 g/mol. The van der Waals surface area contributed by atoms with E-state index in [-0.39, 0.29) is 29.3 Å². The zero-order valence-corrected chi connectivity index (χ0v) is 23.6. The highest BCUT2D eigenvalue weighted by Crippen LogP contribution is 2.57. The van der Waals surface area contributed by atoms with Crippen molar-refractivity contribution in [3.63, 3.8) is 0 Å². The molecule has 5 atom stereocenters. The van der Waals surface area contributed by atoms with Gasteiger partial charge in [0, 0.05) is 37.7 Å². The highest BCUT2D eigenvalue weighted by atomic mass is 16.6. The molecule has 2 saturated carbocycles. The van der Waals surface area contributed by atoms with E-state index >= 15 is 0 Å². The minimum absolute atomic E-state index is 0.0105. The van der Waals surface area contributed by atoms with Gasteiger partial charge in [-0.15, -0.1) is 0 Å². The molecule has 1 aromatic rings. The van der Waals surface area contributed by atoms with Crippen molar-refractivity contribution in [2.24, 2.45) is 23.2 Å². The lowest BCUT2D eigenvalue weighted by Gasteiger charge is -2.50. The maximum absolute atomic E-state index is 13.3. The maximum atomic E-state index is 13.3. The number of carbonyl (C=O) groups excluding carboxylic acids is 1. The molecule has 5 rings (SSSR count). The lowest BCUT2D eigenvalue weighted by atomic mass is 9.55. The van der Waals surface area contributed by atoms with Gasteiger partial charge in [-0.05, 0) is 69.0 Å². The Kier molecular flexibility index (Phi) is 8.65. The number of para-hydroxylation sites is 1. The third kappa shape index (κ3) is 5.75. The van der Waals surface area contributed by atoms with Crippen molar-refractivity contribution in [2.45, 2.75) is 58.1 Å². The van der Waals surface area contributed by atoms with Gasteiger partial charge in [-0.1, -0.05) is 31.2 Å². The molecule has 0 N–H and O–H groups in total. The van der Waals surface area contributed by atoms with Crippen LogP contribution in [0.5, 0.6) is 11.5 Å². The first-order valence-corrected chi connectivity index (χ1v) is 14.5. The number of fused-ring (bicyclic) bond motifs is 2. The van der Waals surface area contributed by atoms with E-state index in [1.165, 1.54) is 18.4 Å². The molecule has 7 nitrogen and oxygen atoms in total. The van der Waals surface area contributed by atoms with Gasteiger partial charge >= 0.3 is 5.97 Å². The van der Waals surface area contributed by atoms with Crippen molar-refractivity contribution in [1.29, 1.82) is 0 Å². The van der Waals surface area contributed by atoms with Crippen molar-refractivity contribution in [3.8, 4) is 11.5 Å². The third-order valence-electron chi connectivity index (χ3n) is 9.71. The lowest BCUT2D eigenvalue weighted by molar-refractivity contribution is -0.146. The number of morpholine rings is 1. The maximum Gasteiger partial charge on any atom is 0.310 e. The largest absolute Gasteiger partial charge is 0.493 e. The van der Waals surface area contributed by atoms with E-state index in [0.29, 0.717) is 19.0 Å². The average Bonchev–Trinajstić information content (AvgIpc) is 3.20. The highest BCUT2D eigenvalue weighted by Gasteiger charge is 2.55. The second kappa shape index (κ2) is 12.0. The van der Waals surface area contributed by atoms with E-state index in [1.54, 1.807) is 14.2 Å². The summed E-state index contributed by atoms with van der Waals surface area (Å²) in [5.41, 5.74) is 2.69. The number of hydrogen-bond acceptors (Lipinski definition) is 7. The van der Waals surface area contributed by atoms with Gasteiger partial charge in [0.25, 0.3) is 0 Å². The molecule has 210 valence electrons. The first kappa shape index (κ1) is 27.5. The summed E-state index contributed by atoms with van der Waals surface area (Å²) >= 11 is 0. The molecule has 0 unspecified atom stereocenters. The molecule has 0 spiro atoms. The Labute approximate surface area is 228 Å². The average molecular weight is 527 g/mol. The van der Waals surface area contributed by atoms with E-state index in [4.69, 9.17) is 18.9 Å². The van der Waals surface area contributed by atoms with Gasteiger partial charge in [-0.25, -0.2) is 0 Å². The van der Waals surface area contributed by atoms with Crippen LogP contribution in [0.15, 0.2) is 30.4 Å². The van der Waals surface area contributed by atoms with Crippen LogP contribution in [0, 0.1) is 23.2 Å². The fourth-order valence-electron chi connectivity index (χ4n) is 7.64. The second-order valence-corrected chi connectivity index (χ2v) is 12.1. The first-order valence-electron chi connectivity index (χ1n) is 14.5. The van der Waals surface area contributed by atoms with Gasteiger partial charge in [0.15, 0.2) is 11.5 Å². The van der Waals surface area contributed by atoms with Gasteiger partial charge in [-0.3, -0.25) is 14.6 Å². The topological polar surface area (TPSA) is 60.5 Å². The summed E-state index contributed by atoms with van der Waals surface area (Å²) in [7, 11) is 3.37. The van der Waals surface area contributed by atoms with Crippen LogP contribution in [-0.2, 0) is 20.8 Å². The normalized spacial score (nSPS) is 31.6. The summed E-state index contributed by atoms with van der Waals surface area (Å²) in [5.74, 6) is 2.17. The summed E-state index contributed by atoms with van der Waals surface area (Å²) in [5, 5.41) is 0. The van der Waals surface area contributed by atoms with Crippen molar-refractivity contribution in [1.82, 2.24) is 9.80 Å². The summed E-state index contributed by atoms with van der Waals surface area (Å²) in [6.45, 7) is 13.8. The molecule has 0 amide bonds. The van der Waals surface area contributed by atoms with E-state index in [9.17, 15) is 4.79 Å². The molecule has 0 bridgehead atoms. The third-order valence-corrected chi connectivity index (χ3v) is 9.71. The Morgan fingerprint density at radius 3 is 2.79 bits per heavy atom.